The summed E-state index contributed by atoms with van der Waals surface area (Å²) >= 11 is 0. The quantitative estimate of drug-likeness (QED) is 0.652. The molecule has 0 unspecified atom stereocenters. The Balaban J connectivity index is 2.37. The number of hydrogen-bond donors (Lipinski definition) is 0. The molecule has 1 aromatic heterocycles. The van der Waals surface area contributed by atoms with Crippen LogP contribution in [0, 0.1) is 5.41 Å². The molecule has 1 aliphatic rings. The first-order valence-corrected chi connectivity index (χ1v) is 6.01. The molecule has 0 N–H and O–H groups in total. The van der Waals surface area contributed by atoms with Crippen LogP contribution in [0.15, 0.2) is 45.6 Å². The maximum atomic E-state index is 11.4. The van der Waals surface area contributed by atoms with Gasteiger partial charge in [0.15, 0.2) is 0 Å². The molecule has 0 spiro atoms. The molecule has 90 valence electrons. The highest BCUT2D eigenvalue weighted by Gasteiger charge is 2.15. The van der Waals surface area contributed by atoms with Crippen LogP contribution in [0.25, 0.3) is 23.1 Å². The maximum Gasteiger partial charge on any atom is 0.336 e. The van der Waals surface area contributed by atoms with Crippen LogP contribution >= 0.6 is 0 Å². The van der Waals surface area contributed by atoms with E-state index >= 15 is 0 Å². The van der Waals surface area contributed by atoms with Crippen molar-refractivity contribution in [2.24, 2.45) is 5.41 Å². The van der Waals surface area contributed by atoms with Gasteiger partial charge < -0.3 is 4.42 Å². The molecule has 1 aromatic carbocycles. The predicted molar refractivity (Wildman–Crippen MR) is 74.3 cm³/mol. The fourth-order valence-corrected chi connectivity index (χ4v) is 2.14. The van der Waals surface area contributed by atoms with Crippen LogP contribution < -0.4 is 5.63 Å². The average molecular weight is 238 g/mol. The van der Waals surface area contributed by atoms with Gasteiger partial charge in [-0.3, -0.25) is 0 Å². The molecular formula is C16H14O2. The van der Waals surface area contributed by atoms with Crippen molar-refractivity contribution in [1.82, 2.24) is 0 Å². The Hall–Kier alpha value is -2.09. The van der Waals surface area contributed by atoms with Crippen LogP contribution in [-0.4, -0.2) is 0 Å². The number of allylic oxidation sites excluding steroid dienone is 2. The van der Waals surface area contributed by atoms with E-state index in [1.54, 1.807) is 6.07 Å². The zero-order valence-corrected chi connectivity index (χ0v) is 10.4. The van der Waals surface area contributed by atoms with Gasteiger partial charge in [-0.1, -0.05) is 50.3 Å². The first-order valence-electron chi connectivity index (χ1n) is 6.01. The highest BCUT2D eigenvalue weighted by molar-refractivity contribution is 5.90. The van der Waals surface area contributed by atoms with E-state index in [0.29, 0.717) is 5.58 Å². The molecule has 3 rings (SSSR count). The van der Waals surface area contributed by atoms with Crippen LogP contribution in [0.3, 0.4) is 0 Å². The molecule has 2 aromatic rings. The number of benzene rings is 1. The molecule has 0 atom stereocenters. The molecule has 0 fully saturated rings. The summed E-state index contributed by atoms with van der Waals surface area (Å²) in [5.41, 5.74) is 2.43. The van der Waals surface area contributed by atoms with E-state index in [4.69, 9.17) is 4.42 Å². The molecule has 2 nitrogen and oxygen atoms in total. The zero-order chi connectivity index (χ0) is 12.8. The predicted octanol–water partition coefficient (Wildman–Crippen LogP) is 3.86. The van der Waals surface area contributed by atoms with Crippen LogP contribution in [0.5, 0.6) is 0 Å². The van der Waals surface area contributed by atoms with Crippen LogP contribution in [0.1, 0.15) is 25.0 Å². The minimum absolute atomic E-state index is 0.0143. The van der Waals surface area contributed by atoms with Gasteiger partial charge in [-0.25, -0.2) is 4.79 Å². The second-order valence-electron chi connectivity index (χ2n) is 5.23. The summed E-state index contributed by atoms with van der Waals surface area (Å²) in [6.45, 7) is 4.29. The Morgan fingerprint density at radius 2 is 1.72 bits per heavy atom. The Morgan fingerprint density at radius 1 is 1.00 bits per heavy atom. The van der Waals surface area contributed by atoms with Gasteiger partial charge in [0.05, 0.1) is 0 Å². The van der Waals surface area contributed by atoms with Crippen molar-refractivity contribution in [3.05, 3.63) is 58.0 Å². The van der Waals surface area contributed by atoms with Gasteiger partial charge in [-0.2, -0.15) is 0 Å². The fraction of sp³-hybridized carbons (Fsp3) is 0.188. The normalized spacial score (nSPS) is 16.6. The van der Waals surface area contributed by atoms with Gasteiger partial charge in [-0.05, 0) is 11.6 Å². The van der Waals surface area contributed by atoms with Crippen molar-refractivity contribution in [3.8, 4) is 0 Å². The molecule has 0 saturated heterocycles. The largest absolute Gasteiger partial charge is 0.422 e. The standard InChI is InChI=1S/C16H14O2/c1-16(2)9-7-11-3-4-12-5-6-14(17)18-15(12)13(11)8-10-16/h3-10H,1-2H3. The van der Waals surface area contributed by atoms with E-state index in [2.05, 4.69) is 38.1 Å². The highest BCUT2D eigenvalue weighted by atomic mass is 16.4. The first kappa shape index (κ1) is 11.0. The lowest BCUT2D eigenvalue weighted by molar-refractivity contribution is 0.560. The number of rotatable bonds is 0. The molecule has 1 heterocycles. The second-order valence-corrected chi connectivity index (χ2v) is 5.23. The minimum atomic E-state index is -0.309. The SMILES string of the molecule is CC1(C)C=Cc2ccc3ccc(=O)oc3c2C=C1. The third kappa shape index (κ3) is 1.80. The monoisotopic (exact) mass is 238 g/mol. The third-order valence-electron chi connectivity index (χ3n) is 3.23. The Labute approximate surface area is 105 Å². The molecule has 2 heteroatoms. The summed E-state index contributed by atoms with van der Waals surface area (Å²) in [5.74, 6) is 0. The Bertz CT molecular complexity index is 730. The molecule has 0 radical (unpaired) electrons. The van der Waals surface area contributed by atoms with E-state index in [1.165, 1.54) is 6.07 Å². The van der Waals surface area contributed by atoms with E-state index in [9.17, 15) is 4.79 Å². The summed E-state index contributed by atoms with van der Waals surface area (Å²) < 4.78 is 5.34. The fourth-order valence-electron chi connectivity index (χ4n) is 2.14. The molecule has 0 amide bonds. The lowest BCUT2D eigenvalue weighted by atomic mass is 9.93. The first-order chi connectivity index (χ1) is 8.55. The molecule has 0 aliphatic heterocycles. The van der Waals surface area contributed by atoms with Crippen molar-refractivity contribution < 1.29 is 4.42 Å². The molecule has 0 bridgehead atoms. The van der Waals surface area contributed by atoms with Crippen molar-refractivity contribution in [2.45, 2.75) is 13.8 Å². The Kier molecular flexibility index (Phi) is 2.27. The summed E-state index contributed by atoms with van der Waals surface area (Å²) in [5, 5.41) is 0.950. The molecule has 18 heavy (non-hydrogen) atoms. The van der Waals surface area contributed by atoms with Crippen molar-refractivity contribution in [2.75, 3.05) is 0 Å². The van der Waals surface area contributed by atoms with Crippen LogP contribution in [0.4, 0.5) is 0 Å². The zero-order valence-electron chi connectivity index (χ0n) is 10.4. The van der Waals surface area contributed by atoms with Gasteiger partial charge in [0, 0.05) is 22.4 Å². The highest BCUT2D eigenvalue weighted by Crippen LogP contribution is 2.31. The van der Waals surface area contributed by atoms with Crippen molar-refractivity contribution in [3.63, 3.8) is 0 Å². The van der Waals surface area contributed by atoms with E-state index in [-0.39, 0.29) is 11.0 Å². The average Bonchev–Trinajstić information content (AvgIpc) is 2.48. The smallest absolute Gasteiger partial charge is 0.336 e. The van der Waals surface area contributed by atoms with Crippen LogP contribution in [-0.2, 0) is 0 Å². The topological polar surface area (TPSA) is 30.2 Å². The lowest BCUT2D eigenvalue weighted by Gasteiger charge is -2.12. The van der Waals surface area contributed by atoms with Gasteiger partial charge in [0.2, 0.25) is 0 Å². The van der Waals surface area contributed by atoms with E-state index < -0.39 is 0 Å². The molecule has 0 saturated carbocycles. The van der Waals surface area contributed by atoms with Gasteiger partial charge in [-0.15, -0.1) is 0 Å². The molecule has 1 aliphatic carbocycles. The van der Waals surface area contributed by atoms with E-state index in [0.717, 1.165) is 16.5 Å². The van der Waals surface area contributed by atoms with Crippen molar-refractivity contribution >= 4 is 23.1 Å². The summed E-state index contributed by atoms with van der Waals surface area (Å²) in [6, 6.07) is 7.29. The Morgan fingerprint density at radius 3 is 2.56 bits per heavy atom. The van der Waals surface area contributed by atoms with Gasteiger partial charge in [0.25, 0.3) is 0 Å². The lowest BCUT2D eigenvalue weighted by Crippen LogP contribution is -2.00. The number of fused-ring (bicyclic) bond motifs is 3. The second kappa shape index (κ2) is 3.70. The van der Waals surface area contributed by atoms with Gasteiger partial charge in [0.1, 0.15) is 5.58 Å². The van der Waals surface area contributed by atoms with Crippen LogP contribution in [0.2, 0.25) is 0 Å². The van der Waals surface area contributed by atoms with E-state index in [1.807, 2.05) is 12.1 Å². The van der Waals surface area contributed by atoms with Gasteiger partial charge >= 0.3 is 5.63 Å². The molecular weight excluding hydrogens is 224 g/mol. The summed E-state index contributed by atoms with van der Waals surface area (Å²) in [6.07, 6.45) is 8.41. The summed E-state index contributed by atoms with van der Waals surface area (Å²) in [7, 11) is 0. The summed E-state index contributed by atoms with van der Waals surface area (Å²) in [4.78, 5) is 11.4. The third-order valence-corrected chi connectivity index (χ3v) is 3.23. The number of hydrogen-bond acceptors (Lipinski definition) is 2. The van der Waals surface area contributed by atoms with Crippen molar-refractivity contribution in [1.29, 1.82) is 0 Å². The minimum Gasteiger partial charge on any atom is -0.422 e. The maximum absolute atomic E-state index is 11.4.